The molecule has 1 aromatic carbocycles. The van der Waals surface area contributed by atoms with Crippen LogP contribution in [0.2, 0.25) is 0 Å². The summed E-state index contributed by atoms with van der Waals surface area (Å²) in [4.78, 5) is 4.27. The molecule has 0 spiro atoms. The minimum atomic E-state index is 0.458. The van der Waals surface area contributed by atoms with E-state index in [2.05, 4.69) is 31.4 Å². The van der Waals surface area contributed by atoms with Crippen LogP contribution in [0, 0.1) is 6.92 Å². The molecule has 2 aromatic heterocycles. The van der Waals surface area contributed by atoms with Gasteiger partial charge in [0.1, 0.15) is 0 Å². The Morgan fingerprint density at radius 1 is 1.30 bits per heavy atom. The molecule has 3 rings (SSSR count). The van der Waals surface area contributed by atoms with Crippen LogP contribution in [-0.2, 0) is 6.54 Å². The van der Waals surface area contributed by atoms with E-state index in [1.807, 2.05) is 25.1 Å². The van der Waals surface area contributed by atoms with Gasteiger partial charge in [-0.3, -0.25) is 0 Å². The summed E-state index contributed by atoms with van der Waals surface area (Å²) in [6, 6.07) is 9.61. The molecule has 5 nitrogen and oxygen atoms in total. The van der Waals surface area contributed by atoms with Crippen molar-refractivity contribution in [1.82, 2.24) is 10.1 Å². The van der Waals surface area contributed by atoms with Crippen molar-refractivity contribution in [2.24, 2.45) is 0 Å². The van der Waals surface area contributed by atoms with Crippen molar-refractivity contribution in [2.45, 2.75) is 13.5 Å². The molecule has 6 heteroatoms. The number of nitrogens with one attached hydrogen (secondary N) is 1. The zero-order valence-electron chi connectivity index (χ0n) is 10.8. The number of anilines is 1. The normalized spacial score (nSPS) is 10.7. The van der Waals surface area contributed by atoms with Gasteiger partial charge in [-0.15, -0.1) is 0 Å². The van der Waals surface area contributed by atoms with Gasteiger partial charge >= 0.3 is 0 Å². The number of hydrogen-bond acceptors (Lipinski definition) is 5. The van der Waals surface area contributed by atoms with E-state index in [1.54, 1.807) is 18.4 Å². The van der Waals surface area contributed by atoms with E-state index in [4.69, 9.17) is 8.94 Å². The van der Waals surface area contributed by atoms with Crippen molar-refractivity contribution in [1.29, 1.82) is 0 Å². The van der Waals surface area contributed by atoms with Crippen molar-refractivity contribution in [3.8, 4) is 11.6 Å². The van der Waals surface area contributed by atoms with Crippen LogP contribution in [0.15, 0.2) is 50.0 Å². The first kappa shape index (κ1) is 12.9. The van der Waals surface area contributed by atoms with Crippen LogP contribution in [0.3, 0.4) is 0 Å². The Kier molecular flexibility index (Phi) is 3.56. The van der Waals surface area contributed by atoms with Crippen molar-refractivity contribution in [2.75, 3.05) is 5.32 Å². The quantitative estimate of drug-likeness (QED) is 0.781. The molecule has 0 atom stereocenters. The number of rotatable bonds is 4. The highest BCUT2D eigenvalue weighted by Gasteiger charge is 2.10. The monoisotopic (exact) mass is 333 g/mol. The van der Waals surface area contributed by atoms with E-state index in [9.17, 15) is 0 Å². The Balaban J connectivity index is 1.70. The maximum atomic E-state index is 5.22. The van der Waals surface area contributed by atoms with E-state index in [0.29, 0.717) is 24.0 Å². The topological polar surface area (TPSA) is 64.1 Å². The molecule has 0 bridgehead atoms. The molecule has 3 aromatic rings. The van der Waals surface area contributed by atoms with Gasteiger partial charge in [0.05, 0.1) is 12.8 Å². The zero-order chi connectivity index (χ0) is 13.9. The van der Waals surface area contributed by atoms with Crippen molar-refractivity contribution in [3.05, 3.63) is 52.5 Å². The third kappa shape index (κ3) is 2.75. The van der Waals surface area contributed by atoms with Gasteiger partial charge in [-0.1, -0.05) is 21.1 Å². The number of hydrogen-bond donors (Lipinski definition) is 1. The van der Waals surface area contributed by atoms with E-state index in [1.165, 1.54) is 0 Å². The van der Waals surface area contributed by atoms with E-state index in [0.717, 1.165) is 15.7 Å². The highest BCUT2D eigenvalue weighted by molar-refractivity contribution is 9.10. The lowest BCUT2D eigenvalue weighted by molar-refractivity contribution is 0.382. The lowest BCUT2D eigenvalue weighted by Crippen LogP contribution is -2.01. The molecule has 0 fully saturated rings. The smallest absolute Gasteiger partial charge is 0.246 e. The molecule has 0 aliphatic heterocycles. The fourth-order valence-electron chi connectivity index (χ4n) is 1.83. The number of nitrogens with zero attached hydrogens (tertiary/aromatic N) is 2. The van der Waals surface area contributed by atoms with E-state index < -0.39 is 0 Å². The van der Waals surface area contributed by atoms with Crippen LogP contribution < -0.4 is 5.32 Å². The zero-order valence-corrected chi connectivity index (χ0v) is 12.3. The number of aromatic nitrogens is 2. The van der Waals surface area contributed by atoms with Crippen LogP contribution in [0.4, 0.5) is 5.69 Å². The lowest BCUT2D eigenvalue weighted by Gasteiger charge is -2.07. The Labute approximate surface area is 124 Å². The van der Waals surface area contributed by atoms with Crippen LogP contribution in [0.5, 0.6) is 0 Å². The molecular weight excluding hydrogens is 322 g/mol. The molecule has 0 unspecified atom stereocenters. The Bertz CT molecular complexity index is 707. The van der Waals surface area contributed by atoms with Gasteiger partial charge in [-0.05, 0) is 42.8 Å². The first-order valence-corrected chi connectivity index (χ1v) is 6.88. The summed E-state index contributed by atoms with van der Waals surface area (Å²) in [7, 11) is 0. The Morgan fingerprint density at radius 2 is 2.20 bits per heavy atom. The van der Waals surface area contributed by atoms with Crippen LogP contribution in [-0.4, -0.2) is 10.1 Å². The first-order valence-electron chi connectivity index (χ1n) is 6.09. The van der Waals surface area contributed by atoms with Crippen LogP contribution in [0.25, 0.3) is 11.6 Å². The number of halogens is 1. The maximum Gasteiger partial charge on any atom is 0.246 e. The summed E-state index contributed by atoms with van der Waals surface area (Å²) in [5, 5.41) is 7.15. The lowest BCUT2D eigenvalue weighted by atomic mass is 10.2. The van der Waals surface area contributed by atoms with Crippen molar-refractivity contribution < 1.29 is 8.94 Å². The van der Waals surface area contributed by atoms with Crippen molar-refractivity contribution >= 4 is 21.6 Å². The minimum absolute atomic E-state index is 0.458. The van der Waals surface area contributed by atoms with Gasteiger partial charge in [0, 0.05) is 10.2 Å². The summed E-state index contributed by atoms with van der Waals surface area (Å²) in [6.45, 7) is 2.51. The molecule has 0 aliphatic carbocycles. The average molecular weight is 334 g/mol. The summed E-state index contributed by atoms with van der Waals surface area (Å²) >= 11 is 3.44. The van der Waals surface area contributed by atoms with E-state index in [-0.39, 0.29) is 0 Å². The third-order valence-corrected chi connectivity index (χ3v) is 3.32. The standard InChI is InChI=1S/C14H12BrN3O2/c1-9-7-10(15)4-5-11(9)16-8-13-17-14(18-20-13)12-3-2-6-19-12/h2-7,16H,8H2,1H3. The summed E-state index contributed by atoms with van der Waals surface area (Å²) in [5.41, 5.74) is 2.18. The second-order valence-corrected chi connectivity index (χ2v) is 5.22. The van der Waals surface area contributed by atoms with E-state index >= 15 is 0 Å². The largest absolute Gasteiger partial charge is 0.461 e. The van der Waals surface area contributed by atoms with Gasteiger partial charge in [0.15, 0.2) is 5.76 Å². The van der Waals surface area contributed by atoms with Crippen LogP contribution in [0.1, 0.15) is 11.5 Å². The number of aryl methyl sites for hydroxylation is 1. The molecular formula is C14H12BrN3O2. The van der Waals surface area contributed by atoms with Crippen molar-refractivity contribution in [3.63, 3.8) is 0 Å². The summed E-state index contributed by atoms with van der Waals surface area (Å²) in [5.74, 6) is 1.57. The Morgan fingerprint density at radius 3 is 2.95 bits per heavy atom. The van der Waals surface area contributed by atoms with Gasteiger partial charge in [-0.25, -0.2) is 0 Å². The molecule has 20 heavy (non-hydrogen) atoms. The molecule has 102 valence electrons. The number of furan rings is 1. The highest BCUT2D eigenvalue weighted by atomic mass is 79.9. The molecule has 0 aliphatic rings. The summed E-state index contributed by atoms with van der Waals surface area (Å²) < 4.78 is 11.5. The predicted octanol–water partition coefficient (Wildman–Crippen LogP) is 4.01. The average Bonchev–Trinajstić information content (AvgIpc) is 3.08. The molecule has 0 radical (unpaired) electrons. The molecule has 0 amide bonds. The molecule has 0 saturated carbocycles. The summed E-state index contributed by atoms with van der Waals surface area (Å²) in [6.07, 6.45) is 1.58. The highest BCUT2D eigenvalue weighted by Crippen LogP contribution is 2.21. The van der Waals surface area contributed by atoms with Gasteiger partial charge in [0.25, 0.3) is 0 Å². The molecule has 0 saturated heterocycles. The molecule has 2 heterocycles. The van der Waals surface area contributed by atoms with Gasteiger partial charge in [-0.2, -0.15) is 4.98 Å². The fraction of sp³-hybridized carbons (Fsp3) is 0.143. The van der Waals surface area contributed by atoms with Gasteiger partial charge in [0.2, 0.25) is 11.7 Å². The minimum Gasteiger partial charge on any atom is -0.461 e. The van der Waals surface area contributed by atoms with Gasteiger partial charge < -0.3 is 14.3 Å². The second kappa shape index (κ2) is 5.50. The third-order valence-electron chi connectivity index (χ3n) is 2.83. The second-order valence-electron chi connectivity index (χ2n) is 4.30. The fourth-order valence-corrected chi connectivity index (χ4v) is 2.30. The Hall–Kier alpha value is -2.08. The predicted molar refractivity (Wildman–Crippen MR) is 78.2 cm³/mol. The first-order chi connectivity index (χ1) is 9.72. The maximum absolute atomic E-state index is 5.22. The SMILES string of the molecule is Cc1cc(Br)ccc1NCc1nc(-c2ccco2)no1. The number of benzene rings is 1. The molecule has 1 N–H and O–H groups in total. The van der Waals surface area contributed by atoms with Crippen LogP contribution >= 0.6 is 15.9 Å².